The molecule has 2 unspecified atom stereocenters. The summed E-state index contributed by atoms with van der Waals surface area (Å²) < 4.78 is 23.2. The Labute approximate surface area is 73.9 Å². The maximum Gasteiger partial charge on any atom is 0.181 e. The van der Waals surface area contributed by atoms with Crippen LogP contribution >= 0.6 is 0 Å². The van der Waals surface area contributed by atoms with Crippen molar-refractivity contribution in [3.8, 4) is 0 Å². The van der Waals surface area contributed by atoms with E-state index in [9.17, 15) is 8.42 Å². The minimum atomic E-state index is -3.05. The normalized spacial score (nSPS) is 37.6. The molecule has 1 aliphatic heterocycles. The Morgan fingerprint density at radius 2 is 1.92 bits per heavy atom. The fraction of sp³-hybridized carbons (Fsp3) is 0.556. The van der Waals surface area contributed by atoms with Crippen LogP contribution in [0, 0.1) is 5.92 Å². The van der Waals surface area contributed by atoms with Crippen molar-refractivity contribution in [2.75, 3.05) is 0 Å². The van der Waals surface area contributed by atoms with Gasteiger partial charge in [0.15, 0.2) is 9.84 Å². The molecule has 0 radical (unpaired) electrons. The zero-order chi connectivity index (χ0) is 9.52. The lowest BCUT2D eigenvalue weighted by Crippen LogP contribution is -2.15. The molecule has 1 saturated heterocycles. The van der Waals surface area contributed by atoms with E-state index in [1.54, 1.807) is 19.9 Å². The van der Waals surface area contributed by atoms with E-state index in [0.717, 1.165) is 5.57 Å². The van der Waals surface area contributed by atoms with Gasteiger partial charge in [-0.25, -0.2) is 8.42 Å². The number of allylic oxidation sites excluding steroid dienone is 2. The SMILES string of the molecule is C=C1/C(=C/C)S(=O)(=O)C(C)C1C. The van der Waals surface area contributed by atoms with Gasteiger partial charge in [0.05, 0.1) is 10.2 Å². The van der Waals surface area contributed by atoms with Gasteiger partial charge < -0.3 is 0 Å². The average Bonchev–Trinajstić information content (AvgIpc) is 2.13. The molecule has 0 aromatic carbocycles. The van der Waals surface area contributed by atoms with Gasteiger partial charge in [0.1, 0.15) is 0 Å². The molecular weight excluding hydrogens is 172 g/mol. The second-order valence-corrected chi connectivity index (χ2v) is 5.49. The molecule has 2 atom stereocenters. The van der Waals surface area contributed by atoms with Crippen LogP contribution in [0.25, 0.3) is 0 Å². The van der Waals surface area contributed by atoms with Crippen LogP contribution in [-0.2, 0) is 9.84 Å². The van der Waals surface area contributed by atoms with Crippen molar-refractivity contribution in [2.45, 2.75) is 26.0 Å². The quantitative estimate of drug-likeness (QED) is 0.579. The molecule has 0 spiro atoms. The second kappa shape index (κ2) is 2.73. The van der Waals surface area contributed by atoms with Crippen LogP contribution < -0.4 is 0 Å². The van der Waals surface area contributed by atoms with Crippen LogP contribution in [-0.4, -0.2) is 13.7 Å². The third-order valence-corrected chi connectivity index (χ3v) is 5.13. The van der Waals surface area contributed by atoms with E-state index >= 15 is 0 Å². The minimum Gasteiger partial charge on any atom is -0.223 e. The number of sulfone groups is 1. The highest BCUT2D eigenvalue weighted by atomic mass is 32.2. The lowest BCUT2D eigenvalue weighted by Gasteiger charge is -2.05. The van der Waals surface area contributed by atoms with Gasteiger partial charge in [-0.3, -0.25) is 0 Å². The summed E-state index contributed by atoms with van der Waals surface area (Å²) in [5, 5.41) is -0.309. The van der Waals surface area contributed by atoms with Crippen molar-refractivity contribution in [2.24, 2.45) is 5.92 Å². The van der Waals surface area contributed by atoms with Crippen LogP contribution in [0.4, 0.5) is 0 Å². The van der Waals surface area contributed by atoms with E-state index in [2.05, 4.69) is 6.58 Å². The third kappa shape index (κ3) is 1.04. The molecule has 0 bridgehead atoms. The molecule has 68 valence electrons. The molecule has 12 heavy (non-hydrogen) atoms. The highest BCUT2D eigenvalue weighted by Crippen LogP contribution is 2.38. The van der Waals surface area contributed by atoms with Gasteiger partial charge in [0.25, 0.3) is 0 Å². The fourth-order valence-electron chi connectivity index (χ4n) is 1.51. The molecule has 0 N–H and O–H groups in total. The molecule has 0 aromatic heterocycles. The number of hydrogen-bond acceptors (Lipinski definition) is 2. The first-order valence-corrected chi connectivity index (χ1v) is 5.57. The predicted molar refractivity (Wildman–Crippen MR) is 50.4 cm³/mol. The molecule has 1 rings (SSSR count). The highest BCUT2D eigenvalue weighted by Gasteiger charge is 2.40. The lowest BCUT2D eigenvalue weighted by molar-refractivity contribution is 0.581. The summed E-state index contributed by atoms with van der Waals surface area (Å²) in [7, 11) is -3.05. The predicted octanol–water partition coefficient (Wildman–Crippen LogP) is 1.90. The maximum absolute atomic E-state index is 11.6. The van der Waals surface area contributed by atoms with Crippen LogP contribution in [0.2, 0.25) is 0 Å². The molecule has 1 fully saturated rings. The van der Waals surface area contributed by atoms with Crippen molar-refractivity contribution in [1.82, 2.24) is 0 Å². The van der Waals surface area contributed by atoms with Gasteiger partial charge in [-0.05, 0) is 25.3 Å². The van der Waals surface area contributed by atoms with Gasteiger partial charge in [-0.15, -0.1) is 0 Å². The molecule has 0 aromatic rings. The Morgan fingerprint density at radius 1 is 1.42 bits per heavy atom. The Bertz CT molecular complexity index is 336. The zero-order valence-electron chi connectivity index (χ0n) is 7.66. The van der Waals surface area contributed by atoms with Crippen LogP contribution in [0.3, 0.4) is 0 Å². The summed E-state index contributed by atoms with van der Waals surface area (Å²) in [5.41, 5.74) is 0.755. The van der Waals surface area contributed by atoms with E-state index in [4.69, 9.17) is 0 Å². The lowest BCUT2D eigenvalue weighted by atomic mass is 10.00. The van der Waals surface area contributed by atoms with E-state index in [1.165, 1.54) is 0 Å². The third-order valence-electron chi connectivity index (χ3n) is 2.63. The van der Waals surface area contributed by atoms with Gasteiger partial charge in [-0.2, -0.15) is 0 Å². The van der Waals surface area contributed by atoms with Crippen molar-refractivity contribution < 1.29 is 8.42 Å². The first kappa shape index (κ1) is 9.52. The highest BCUT2D eigenvalue weighted by molar-refractivity contribution is 7.96. The standard InChI is InChI=1S/C9H14O2S/c1-5-9-7(3)6(2)8(4)12(9,10)11/h5-6,8H,3H2,1-2,4H3/b9-5-. The Kier molecular flexibility index (Phi) is 2.17. The molecule has 3 heteroatoms. The Balaban J connectivity index is 3.34. The van der Waals surface area contributed by atoms with Gasteiger partial charge in [0, 0.05) is 0 Å². The topological polar surface area (TPSA) is 34.1 Å². The summed E-state index contributed by atoms with van der Waals surface area (Å²) in [4.78, 5) is 0.433. The van der Waals surface area contributed by atoms with Crippen LogP contribution in [0.5, 0.6) is 0 Å². The first-order valence-electron chi connectivity index (χ1n) is 4.02. The van der Waals surface area contributed by atoms with Crippen molar-refractivity contribution in [3.63, 3.8) is 0 Å². The van der Waals surface area contributed by atoms with E-state index in [0.29, 0.717) is 4.91 Å². The Hall–Kier alpha value is -0.570. The first-order chi connectivity index (χ1) is 5.42. The number of rotatable bonds is 0. The van der Waals surface area contributed by atoms with Crippen LogP contribution in [0.1, 0.15) is 20.8 Å². The monoisotopic (exact) mass is 186 g/mol. The van der Waals surface area contributed by atoms with Crippen molar-refractivity contribution in [1.29, 1.82) is 0 Å². The molecule has 0 saturated carbocycles. The average molecular weight is 186 g/mol. The van der Waals surface area contributed by atoms with Crippen molar-refractivity contribution >= 4 is 9.84 Å². The number of hydrogen-bond donors (Lipinski definition) is 0. The fourth-order valence-corrected chi connectivity index (χ4v) is 3.49. The molecule has 0 amide bonds. The largest absolute Gasteiger partial charge is 0.223 e. The maximum atomic E-state index is 11.6. The summed E-state index contributed by atoms with van der Waals surface area (Å²) in [6, 6.07) is 0. The zero-order valence-corrected chi connectivity index (χ0v) is 8.48. The smallest absolute Gasteiger partial charge is 0.181 e. The van der Waals surface area contributed by atoms with Gasteiger partial charge >= 0.3 is 0 Å². The molecule has 0 aliphatic carbocycles. The van der Waals surface area contributed by atoms with Gasteiger partial charge in [-0.1, -0.05) is 19.6 Å². The summed E-state index contributed by atoms with van der Waals surface area (Å²) in [6.07, 6.45) is 1.64. The molecule has 2 nitrogen and oxygen atoms in total. The van der Waals surface area contributed by atoms with Crippen LogP contribution in [0.15, 0.2) is 23.1 Å². The summed E-state index contributed by atoms with van der Waals surface area (Å²) >= 11 is 0. The molecule has 1 heterocycles. The molecule has 1 aliphatic rings. The molecular formula is C9H14O2S. The van der Waals surface area contributed by atoms with E-state index in [1.807, 2.05) is 6.92 Å². The van der Waals surface area contributed by atoms with Gasteiger partial charge in [0.2, 0.25) is 0 Å². The Morgan fingerprint density at radius 3 is 2.08 bits per heavy atom. The summed E-state index contributed by atoms with van der Waals surface area (Å²) in [6.45, 7) is 9.17. The minimum absolute atomic E-state index is 0.0567. The summed E-state index contributed by atoms with van der Waals surface area (Å²) in [5.74, 6) is 0.0567. The van der Waals surface area contributed by atoms with E-state index in [-0.39, 0.29) is 11.2 Å². The van der Waals surface area contributed by atoms with Crippen molar-refractivity contribution in [3.05, 3.63) is 23.1 Å². The van der Waals surface area contributed by atoms with E-state index < -0.39 is 9.84 Å². The second-order valence-electron chi connectivity index (χ2n) is 3.22.